The van der Waals surface area contributed by atoms with Crippen LogP contribution in [-0.4, -0.2) is 21.4 Å². The number of anilines is 2. The summed E-state index contributed by atoms with van der Waals surface area (Å²) in [5, 5.41) is 14.4. The third-order valence-corrected chi connectivity index (χ3v) is 5.71. The van der Waals surface area contributed by atoms with Crippen molar-refractivity contribution >= 4 is 29.1 Å². The fourth-order valence-corrected chi connectivity index (χ4v) is 3.94. The minimum Gasteiger partial charge on any atom is -0.378 e. The molecule has 0 unspecified atom stereocenters. The molecular formula is C19H24ClFN6O2. The quantitative estimate of drug-likeness (QED) is 0.457. The standard InChI is InChI=1S/C19H24ClFN6O2/c20-14-3-1-2-13(16(14)21)10-24-19-25-15(17(27(28)29)18(23)26-19)8-11-4-6-12(9-22)7-5-11/h1-3,11-12H,4-10,22H2,(H3,23,24,25,26). The van der Waals surface area contributed by atoms with E-state index in [1.165, 1.54) is 6.07 Å². The first kappa shape index (κ1) is 21.2. The number of benzene rings is 1. The third kappa shape index (κ3) is 5.10. The summed E-state index contributed by atoms with van der Waals surface area (Å²) >= 11 is 5.79. The van der Waals surface area contributed by atoms with Gasteiger partial charge in [-0.1, -0.05) is 23.7 Å². The second-order valence-corrected chi connectivity index (χ2v) is 7.79. The van der Waals surface area contributed by atoms with Gasteiger partial charge in [0.15, 0.2) is 0 Å². The second kappa shape index (κ2) is 9.32. The molecule has 0 spiro atoms. The average molecular weight is 423 g/mol. The van der Waals surface area contributed by atoms with Gasteiger partial charge in [-0.25, -0.2) is 9.37 Å². The normalized spacial score (nSPS) is 19.1. The fraction of sp³-hybridized carbons (Fsp3) is 0.474. The lowest BCUT2D eigenvalue weighted by atomic mass is 9.80. The van der Waals surface area contributed by atoms with E-state index < -0.39 is 10.7 Å². The van der Waals surface area contributed by atoms with Gasteiger partial charge in [0.05, 0.1) is 9.95 Å². The van der Waals surface area contributed by atoms with Crippen LogP contribution in [0.4, 0.5) is 21.8 Å². The highest BCUT2D eigenvalue weighted by Gasteiger charge is 2.28. The zero-order valence-corrected chi connectivity index (χ0v) is 16.7. The molecule has 156 valence electrons. The summed E-state index contributed by atoms with van der Waals surface area (Å²) < 4.78 is 14.1. The van der Waals surface area contributed by atoms with Gasteiger partial charge in [-0.2, -0.15) is 4.98 Å². The van der Waals surface area contributed by atoms with Crippen LogP contribution in [0.15, 0.2) is 18.2 Å². The summed E-state index contributed by atoms with van der Waals surface area (Å²) in [6.45, 7) is 0.742. The zero-order chi connectivity index (χ0) is 21.0. The minimum atomic E-state index is -0.545. The molecule has 0 aliphatic heterocycles. The van der Waals surface area contributed by atoms with Gasteiger partial charge >= 0.3 is 5.69 Å². The van der Waals surface area contributed by atoms with Crippen molar-refractivity contribution in [2.45, 2.75) is 38.6 Å². The molecule has 0 bridgehead atoms. The van der Waals surface area contributed by atoms with Gasteiger partial charge in [-0.15, -0.1) is 0 Å². The van der Waals surface area contributed by atoms with Crippen LogP contribution in [0, 0.1) is 27.8 Å². The number of nitrogen functional groups attached to an aromatic ring is 1. The van der Waals surface area contributed by atoms with E-state index in [1.807, 2.05) is 0 Å². The van der Waals surface area contributed by atoms with Gasteiger partial charge in [0.25, 0.3) is 0 Å². The largest absolute Gasteiger partial charge is 0.378 e. The van der Waals surface area contributed by atoms with Crippen molar-refractivity contribution in [3.05, 3.63) is 50.4 Å². The summed E-state index contributed by atoms with van der Waals surface area (Å²) in [6.07, 6.45) is 4.35. The molecule has 0 amide bonds. The Hall–Kier alpha value is -2.52. The average Bonchev–Trinajstić information content (AvgIpc) is 2.69. The number of nitrogens with two attached hydrogens (primary N) is 2. The smallest absolute Gasteiger partial charge is 0.332 e. The Bertz CT molecular complexity index is 889. The number of rotatable bonds is 7. The van der Waals surface area contributed by atoms with E-state index in [1.54, 1.807) is 12.1 Å². The Balaban J connectivity index is 1.78. The van der Waals surface area contributed by atoms with E-state index in [4.69, 9.17) is 23.1 Å². The zero-order valence-electron chi connectivity index (χ0n) is 15.9. The number of nitro groups is 1. The molecule has 1 fully saturated rings. The van der Waals surface area contributed by atoms with Crippen LogP contribution < -0.4 is 16.8 Å². The summed E-state index contributed by atoms with van der Waals surface area (Å²) in [5.41, 5.74) is 12.0. The van der Waals surface area contributed by atoms with Gasteiger partial charge in [0, 0.05) is 12.1 Å². The molecule has 0 radical (unpaired) electrons. The molecule has 8 nitrogen and oxygen atoms in total. The van der Waals surface area contributed by atoms with E-state index in [9.17, 15) is 14.5 Å². The molecule has 1 aromatic heterocycles. The van der Waals surface area contributed by atoms with Gasteiger partial charge < -0.3 is 16.8 Å². The van der Waals surface area contributed by atoms with Crippen molar-refractivity contribution in [2.75, 3.05) is 17.6 Å². The Morgan fingerprint density at radius 3 is 2.59 bits per heavy atom. The first-order valence-electron chi connectivity index (χ1n) is 9.56. The number of nitrogens with zero attached hydrogens (tertiary/aromatic N) is 3. The van der Waals surface area contributed by atoms with Crippen LogP contribution in [-0.2, 0) is 13.0 Å². The molecule has 1 saturated carbocycles. The number of hydrogen-bond donors (Lipinski definition) is 3. The predicted molar refractivity (Wildman–Crippen MR) is 110 cm³/mol. The Morgan fingerprint density at radius 1 is 1.24 bits per heavy atom. The first-order chi connectivity index (χ1) is 13.9. The van der Waals surface area contributed by atoms with E-state index in [0.717, 1.165) is 25.7 Å². The maximum Gasteiger partial charge on any atom is 0.332 e. The Kier molecular flexibility index (Phi) is 6.81. The van der Waals surface area contributed by atoms with Crippen molar-refractivity contribution in [2.24, 2.45) is 17.6 Å². The molecule has 1 heterocycles. The number of hydrogen-bond acceptors (Lipinski definition) is 7. The molecule has 0 atom stereocenters. The van der Waals surface area contributed by atoms with Crippen LogP contribution in [0.2, 0.25) is 5.02 Å². The van der Waals surface area contributed by atoms with Crippen LogP contribution in [0.25, 0.3) is 0 Å². The molecule has 1 aromatic carbocycles. The highest BCUT2D eigenvalue weighted by atomic mass is 35.5. The number of nitrogens with one attached hydrogen (secondary N) is 1. The molecule has 0 saturated heterocycles. The molecule has 1 aliphatic carbocycles. The predicted octanol–water partition coefficient (Wildman–Crippen LogP) is 3.68. The van der Waals surface area contributed by atoms with E-state index in [-0.39, 0.29) is 34.9 Å². The Morgan fingerprint density at radius 2 is 1.93 bits per heavy atom. The summed E-state index contributed by atoms with van der Waals surface area (Å²) in [5.74, 6) is 0.182. The van der Waals surface area contributed by atoms with Gasteiger partial charge in [0.1, 0.15) is 11.5 Å². The van der Waals surface area contributed by atoms with Crippen molar-refractivity contribution in [1.82, 2.24) is 9.97 Å². The monoisotopic (exact) mass is 422 g/mol. The van der Waals surface area contributed by atoms with E-state index >= 15 is 0 Å². The lowest BCUT2D eigenvalue weighted by Crippen LogP contribution is -2.23. The maximum absolute atomic E-state index is 14.1. The van der Waals surface area contributed by atoms with Crippen LogP contribution in [0.3, 0.4) is 0 Å². The van der Waals surface area contributed by atoms with Gasteiger partial charge in [-0.05, 0) is 56.6 Å². The molecule has 5 N–H and O–H groups in total. The molecule has 2 aromatic rings. The van der Waals surface area contributed by atoms with Gasteiger partial charge in [0.2, 0.25) is 11.8 Å². The Labute approximate surface area is 173 Å². The van der Waals surface area contributed by atoms with Crippen molar-refractivity contribution in [1.29, 1.82) is 0 Å². The van der Waals surface area contributed by atoms with Crippen LogP contribution >= 0.6 is 11.6 Å². The lowest BCUT2D eigenvalue weighted by Gasteiger charge is -2.27. The van der Waals surface area contributed by atoms with E-state index in [2.05, 4.69) is 15.3 Å². The second-order valence-electron chi connectivity index (χ2n) is 7.38. The summed E-state index contributed by atoms with van der Waals surface area (Å²) in [6, 6.07) is 4.68. The van der Waals surface area contributed by atoms with Crippen LogP contribution in [0.5, 0.6) is 0 Å². The topological polar surface area (TPSA) is 133 Å². The van der Waals surface area contributed by atoms with Gasteiger partial charge in [-0.3, -0.25) is 10.1 Å². The van der Waals surface area contributed by atoms with Crippen LogP contribution in [0.1, 0.15) is 36.9 Å². The summed E-state index contributed by atoms with van der Waals surface area (Å²) in [7, 11) is 0. The fourth-order valence-electron chi connectivity index (χ4n) is 3.74. The summed E-state index contributed by atoms with van der Waals surface area (Å²) in [4.78, 5) is 19.3. The SMILES string of the molecule is NCC1CCC(Cc2nc(NCc3cccc(Cl)c3F)nc(N)c2[N+](=O)[O-])CC1. The molecule has 10 heteroatoms. The molecular weight excluding hydrogens is 399 g/mol. The number of aromatic nitrogens is 2. The molecule has 1 aliphatic rings. The maximum atomic E-state index is 14.1. The molecule has 3 rings (SSSR count). The van der Waals surface area contributed by atoms with Crippen molar-refractivity contribution < 1.29 is 9.31 Å². The highest BCUT2D eigenvalue weighted by Crippen LogP contribution is 2.34. The van der Waals surface area contributed by atoms with Crippen molar-refractivity contribution in [3.8, 4) is 0 Å². The van der Waals surface area contributed by atoms with E-state index in [0.29, 0.717) is 30.1 Å². The lowest BCUT2D eigenvalue weighted by molar-refractivity contribution is -0.385. The first-order valence-corrected chi connectivity index (χ1v) is 9.94. The highest BCUT2D eigenvalue weighted by molar-refractivity contribution is 6.30. The molecule has 29 heavy (non-hydrogen) atoms. The number of halogens is 2. The van der Waals surface area contributed by atoms with Crippen molar-refractivity contribution in [3.63, 3.8) is 0 Å². The third-order valence-electron chi connectivity index (χ3n) is 5.42. The minimum absolute atomic E-state index is 0.0159.